The van der Waals surface area contributed by atoms with Crippen molar-refractivity contribution in [3.63, 3.8) is 0 Å². The van der Waals surface area contributed by atoms with Crippen molar-refractivity contribution in [2.24, 2.45) is 21.1 Å². The van der Waals surface area contributed by atoms with Crippen LogP contribution >= 0.6 is 0 Å². The van der Waals surface area contributed by atoms with Gasteiger partial charge in [0.25, 0.3) is 0 Å². The van der Waals surface area contributed by atoms with Crippen LogP contribution in [-0.4, -0.2) is 37.2 Å². The second-order valence-electron chi connectivity index (χ2n) is 9.38. The molecule has 0 unspecified atom stereocenters. The molecule has 2 aromatic carbocycles. The van der Waals surface area contributed by atoms with Crippen LogP contribution in [0, 0.1) is 5.82 Å². The lowest BCUT2D eigenvalue weighted by Gasteiger charge is -2.33. The number of aryl methyl sites for hydroxylation is 3. The smallest absolute Gasteiger partial charge is 0.310 e. The second kappa shape index (κ2) is 8.96. The van der Waals surface area contributed by atoms with Crippen molar-refractivity contribution in [2.75, 3.05) is 0 Å². The van der Waals surface area contributed by atoms with Crippen molar-refractivity contribution in [1.29, 1.82) is 0 Å². The fraction of sp³-hybridized carbons (Fsp3) is 0.440. The Hall–Kier alpha value is -3.04. The highest BCUT2D eigenvalue weighted by molar-refractivity contribution is 5.81. The van der Waals surface area contributed by atoms with Crippen LogP contribution in [0.4, 0.5) is 8.78 Å². The van der Waals surface area contributed by atoms with Gasteiger partial charge in [0.2, 0.25) is 0 Å². The van der Waals surface area contributed by atoms with E-state index >= 15 is 0 Å². The topological polar surface area (TPSA) is 68.8 Å². The molecule has 7 nitrogen and oxygen atoms in total. The molecule has 1 aliphatic carbocycles. The van der Waals surface area contributed by atoms with E-state index in [2.05, 4.69) is 15.7 Å². The number of imidazole rings is 1. The van der Waals surface area contributed by atoms with Crippen molar-refractivity contribution in [3.05, 3.63) is 64.0 Å². The lowest BCUT2D eigenvalue weighted by atomic mass is 9.89. The van der Waals surface area contributed by atoms with Crippen LogP contribution in [0.25, 0.3) is 21.9 Å². The number of halogens is 2. The van der Waals surface area contributed by atoms with Crippen molar-refractivity contribution in [1.82, 2.24) is 29.5 Å². The summed E-state index contributed by atoms with van der Waals surface area (Å²) in [5.74, 6) is -0.364. The lowest BCUT2D eigenvalue weighted by molar-refractivity contribution is 0.160. The van der Waals surface area contributed by atoms with E-state index in [9.17, 15) is 13.6 Å². The van der Waals surface area contributed by atoms with Gasteiger partial charge in [-0.05, 0) is 30.9 Å². The van der Waals surface area contributed by atoms with Crippen LogP contribution < -0.4 is 16.3 Å². The highest BCUT2D eigenvalue weighted by Gasteiger charge is 2.30. The Morgan fingerprint density at radius 1 is 1.03 bits per heavy atom. The molecule has 1 aliphatic rings. The van der Waals surface area contributed by atoms with E-state index in [0.29, 0.717) is 42.5 Å². The molecule has 2 heterocycles. The summed E-state index contributed by atoms with van der Waals surface area (Å²) in [6.45, 7) is 0.862. The molecule has 1 fully saturated rings. The van der Waals surface area contributed by atoms with Gasteiger partial charge >= 0.3 is 5.69 Å². The summed E-state index contributed by atoms with van der Waals surface area (Å²) < 4.78 is 34.4. The van der Waals surface area contributed by atoms with E-state index in [1.165, 1.54) is 15.2 Å². The maximum atomic E-state index is 15.0. The third kappa shape index (κ3) is 4.14. The Bertz CT molecular complexity index is 1400. The van der Waals surface area contributed by atoms with Crippen molar-refractivity contribution in [3.8, 4) is 0 Å². The van der Waals surface area contributed by atoms with Gasteiger partial charge < -0.3 is 10.6 Å². The van der Waals surface area contributed by atoms with E-state index in [1.807, 2.05) is 31.4 Å². The van der Waals surface area contributed by atoms with E-state index in [-0.39, 0.29) is 23.6 Å². The molecule has 0 radical (unpaired) electrons. The molecule has 4 aromatic rings. The third-order valence-electron chi connectivity index (χ3n) is 7.08. The number of hydrogen-bond donors (Lipinski definition) is 2. The molecule has 2 aromatic heterocycles. The van der Waals surface area contributed by atoms with Crippen molar-refractivity contribution >= 4 is 21.9 Å². The fourth-order valence-electron chi connectivity index (χ4n) is 5.09. The number of nitrogens with one attached hydrogen (secondary N) is 2. The summed E-state index contributed by atoms with van der Waals surface area (Å²) in [5.41, 5.74) is 3.54. The number of nitrogens with zero attached hydrogens (tertiary/aromatic N) is 4. The maximum Gasteiger partial charge on any atom is 0.328 e. The minimum absolute atomic E-state index is 0.0260. The summed E-state index contributed by atoms with van der Waals surface area (Å²) in [6, 6.07) is 8.91. The molecular formula is C25H30F2N6O. The third-order valence-corrected chi connectivity index (χ3v) is 7.08. The summed E-state index contributed by atoms with van der Waals surface area (Å²) in [4.78, 5) is 12.1. The molecule has 180 valence electrons. The Morgan fingerprint density at radius 3 is 2.53 bits per heavy atom. The van der Waals surface area contributed by atoms with E-state index in [4.69, 9.17) is 0 Å². The van der Waals surface area contributed by atoms with Gasteiger partial charge in [0, 0.05) is 69.5 Å². The van der Waals surface area contributed by atoms with Crippen LogP contribution in [-0.2, 0) is 34.2 Å². The quantitative estimate of drug-likeness (QED) is 0.457. The average Bonchev–Trinajstić information content (AvgIpc) is 3.30. The van der Waals surface area contributed by atoms with Crippen LogP contribution in [0.1, 0.15) is 30.4 Å². The van der Waals surface area contributed by atoms with Gasteiger partial charge in [-0.3, -0.25) is 13.8 Å². The summed E-state index contributed by atoms with van der Waals surface area (Å²) >= 11 is 0. The largest absolute Gasteiger partial charge is 0.328 e. The molecule has 0 saturated heterocycles. The Kier molecular flexibility index (Phi) is 5.99. The average molecular weight is 469 g/mol. The number of aromatic nitrogens is 4. The molecule has 0 bridgehead atoms. The number of benzene rings is 2. The predicted octanol–water partition coefficient (Wildman–Crippen LogP) is 3.04. The lowest BCUT2D eigenvalue weighted by Crippen LogP contribution is -2.46. The van der Waals surface area contributed by atoms with Gasteiger partial charge in [-0.25, -0.2) is 13.6 Å². The summed E-state index contributed by atoms with van der Waals surface area (Å²) in [5, 5.41) is 12.3. The molecule has 0 amide bonds. The van der Waals surface area contributed by atoms with E-state index in [0.717, 1.165) is 22.9 Å². The first-order valence-corrected chi connectivity index (χ1v) is 11.7. The molecule has 9 heteroatoms. The van der Waals surface area contributed by atoms with Crippen LogP contribution in [0.5, 0.6) is 0 Å². The first-order chi connectivity index (χ1) is 16.3. The number of alkyl halides is 1. The van der Waals surface area contributed by atoms with Crippen molar-refractivity contribution < 1.29 is 8.78 Å². The standard InChI is InChI=1S/C25H30F2N6O/c1-31-14-16-6-4-5-15(24(16)30-31)12-29-21-8-7-18(10-20(21)27)28-13-17-9-22-23(11-19(17)26)33(3)25(34)32(22)2/h4-6,9,11,14,18,20-21,28-29H,7-8,10,12-13H2,1-3H3/t18-,20-,21-/m0/s1. The highest BCUT2D eigenvalue weighted by Crippen LogP contribution is 2.25. The minimum atomic E-state index is -0.989. The molecule has 0 aliphatic heterocycles. The van der Waals surface area contributed by atoms with Gasteiger partial charge in [0.15, 0.2) is 0 Å². The van der Waals surface area contributed by atoms with Gasteiger partial charge in [-0.1, -0.05) is 18.2 Å². The molecule has 3 atom stereocenters. The van der Waals surface area contributed by atoms with E-state index < -0.39 is 6.17 Å². The SMILES string of the molecule is Cn1cc2cccc(CN[C@H]3CC[C@H](NCc4cc5c(cc4F)n(C)c(=O)n5C)C[C@@H]3F)c2n1. The number of fused-ring (bicyclic) bond motifs is 2. The predicted molar refractivity (Wildman–Crippen MR) is 129 cm³/mol. The Balaban J connectivity index is 1.19. The zero-order chi connectivity index (χ0) is 24.0. The van der Waals surface area contributed by atoms with Gasteiger partial charge in [0.1, 0.15) is 12.0 Å². The zero-order valence-electron chi connectivity index (χ0n) is 19.7. The zero-order valence-corrected chi connectivity index (χ0v) is 19.7. The number of hydrogen-bond acceptors (Lipinski definition) is 4. The van der Waals surface area contributed by atoms with E-state index in [1.54, 1.807) is 24.8 Å². The highest BCUT2D eigenvalue weighted by atomic mass is 19.1. The molecular weight excluding hydrogens is 438 g/mol. The van der Waals surface area contributed by atoms with Gasteiger partial charge in [-0.2, -0.15) is 5.10 Å². The van der Waals surface area contributed by atoms with Crippen LogP contribution in [0.2, 0.25) is 0 Å². The summed E-state index contributed by atoms with van der Waals surface area (Å²) in [6.07, 6.45) is 2.87. The fourth-order valence-corrected chi connectivity index (χ4v) is 5.09. The minimum Gasteiger partial charge on any atom is -0.310 e. The molecule has 0 spiro atoms. The summed E-state index contributed by atoms with van der Waals surface area (Å²) in [7, 11) is 5.21. The second-order valence-corrected chi connectivity index (χ2v) is 9.38. The normalized spacial score (nSPS) is 21.0. The first-order valence-electron chi connectivity index (χ1n) is 11.7. The van der Waals surface area contributed by atoms with Crippen molar-refractivity contribution in [2.45, 2.75) is 50.6 Å². The van der Waals surface area contributed by atoms with Crippen LogP contribution in [0.15, 0.2) is 41.3 Å². The first kappa shape index (κ1) is 22.7. The Morgan fingerprint density at radius 2 is 1.76 bits per heavy atom. The van der Waals surface area contributed by atoms with Gasteiger partial charge in [-0.15, -0.1) is 0 Å². The molecule has 1 saturated carbocycles. The molecule has 2 N–H and O–H groups in total. The Labute approximate surface area is 196 Å². The molecule has 34 heavy (non-hydrogen) atoms. The molecule has 5 rings (SSSR count). The van der Waals surface area contributed by atoms with Gasteiger partial charge in [0.05, 0.1) is 16.6 Å². The maximum absolute atomic E-state index is 15.0. The van der Waals surface area contributed by atoms with Crippen LogP contribution in [0.3, 0.4) is 0 Å². The number of rotatable bonds is 6. The monoisotopic (exact) mass is 468 g/mol.